The monoisotopic (exact) mass is 388 g/mol. The second-order valence-corrected chi connectivity index (χ2v) is 9.43. The van der Waals surface area contributed by atoms with Gasteiger partial charge in [0.1, 0.15) is 5.60 Å². The van der Waals surface area contributed by atoms with Gasteiger partial charge in [0.2, 0.25) is 0 Å². The molecule has 2 heterocycles. The van der Waals surface area contributed by atoms with Crippen molar-refractivity contribution in [1.82, 2.24) is 10.2 Å². The molecule has 1 aliphatic rings. The minimum atomic E-state index is -0.428. The second kappa shape index (κ2) is 6.89. The van der Waals surface area contributed by atoms with E-state index in [1.54, 1.807) is 11.3 Å². The summed E-state index contributed by atoms with van der Waals surface area (Å²) in [5.74, 6) is 0. The summed E-state index contributed by atoms with van der Waals surface area (Å²) in [4.78, 5) is 13.9. The van der Waals surface area contributed by atoms with E-state index < -0.39 is 5.60 Å². The maximum atomic E-state index is 12.1. The zero-order valence-electron chi connectivity index (χ0n) is 13.7. The molecule has 2 rings (SSSR count). The highest BCUT2D eigenvalue weighted by Crippen LogP contribution is 2.25. The van der Waals surface area contributed by atoms with E-state index in [4.69, 9.17) is 4.74 Å². The van der Waals surface area contributed by atoms with Gasteiger partial charge in [-0.25, -0.2) is 4.79 Å². The summed E-state index contributed by atoms with van der Waals surface area (Å²) in [7, 11) is 0. The number of carbonyl (C=O) groups is 1. The van der Waals surface area contributed by atoms with Crippen LogP contribution in [0.5, 0.6) is 0 Å². The molecular weight excluding hydrogens is 364 g/mol. The van der Waals surface area contributed by atoms with Gasteiger partial charge in [0.15, 0.2) is 0 Å². The van der Waals surface area contributed by atoms with E-state index in [9.17, 15) is 4.79 Å². The number of thiophene rings is 1. The van der Waals surface area contributed by atoms with Gasteiger partial charge in [-0.3, -0.25) is 0 Å². The molecule has 1 aromatic rings. The van der Waals surface area contributed by atoms with Crippen LogP contribution >= 0.6 is 27.3 Å². The van der Waals surface area contributed by atoms with Gasteiger partial charge in [-0.2, -0.15) is 0 Å². The minimum Gasteiger partial charge on any atom is -0.444 e. The molecular formula is C16H25BrN2O2S. The number of nitrogens with zero attached hydrogens (tertiary/aromatic N) is 1. The minimum absolute atomic E-state index is 0.0763. The number of hydrogen-bond acceptors (Lipinski definition) is 4. The summed E-state index contributed by atoms with van der Waals surface area (Å²) in [6.07, 6.45) is 1.69. The van der Waals surface area contributed by atoms with Gasteiger partial charge in [-0.1, -0.05) is 0 Å². The first-order chi connectivity index (χ1) is 10.2. The van der Waals surface area contributed by atoms with Crippen molar-refractivity contribution in [1.29, 1.82) is 0 Å². The van der Waals surface area contributed by atoms with Crippen LogP contribution < -0.4 is 5.32 Å². The lowest BCUT2D eigenvalue weighted by Gasteiger charge is -2.40. The molecule has 1 amide bonds. The zero-order chi connectivity index (χ0) is 16.4. The molecule has 0 radical (unpaired) electrons. The molecule has 6 heteroatoms. The van der Waals surface area contributed by atoms with E-state index in [0.29, 0.717) is 0 Å². The molecule has 4 nitrogen and oxygen atoms in total. The number of nitrogens with one attached hydrogen (secondary N) is 1. The predicted molar refractivity (Wildman–Crippen MR) is 94.3 cm³/mol. The van der Waals surface area contributed by atoms with Crippen LogP contribution in [0.4, 0.5) is 4.79 Å². The van der Waals surface area contributed by atoms with Crippen LogP contribution in [0.3, 0.4) is 0 Å². The van der Waals surface area contributed by atoms with Crippen molar-refractivity contribution in [2.75, 3.05) is 13.1 Å². The predicted octanol–water partition coefficient (Wildman–Crippen LogP) is 4.39. The van der Waals surface area contributed by atoms with Crippen molar-refractivity contribution >= 4 is 33.4 Å². The Bertz CT molecular complexity index is 516. The first kappa shape index (κ1) is 17.8. The molecule has 1 aromatic heterocycles. The number of likely N-dealkylation sites (tertiary alicyclic amines) is 1. The zero-order valence-corrected chi connectivity index (χ0v) is 16.1. The van der Waals surface area contributed by atoms with Crippen molar-refractivity contribution < 1.29 is 9.53 Å². The van der Waals surface area contributed by atoms with Gasteiger partial charge in [0, 0.05) is 25.2 Å². The van der Waals surface area contributed by atoms with Crippen LogP contribution in [0.15, 0.2) is 15.2 Å². The molecule has 0 spiro atoms. The van der Waals surface area contributed by atoms with Crippen molar-refractivity contribution in [3.05, 3.63) is 20.8 Å². The summed E-state index contributed by atoms with van der Waals surface area (Å²) >= 11 is 5.20. The third-order valence-electron chi connectivity index (χ3n) is 3.86. The first-order valence-corrected chi connectivity index (χ1v) is 9.30. The number of halogens is 1. The van der Waals surface area contributed by atoms with Crippen LogP contribution in [-0.4, -0.2) is 35.2 Å². The van der Waals surface area contributed by atoms with E-state index >= 15 is 0 Å². The Hall–Kier alpha value is -0.590. The Labute approximate surface area is 145 Å². The fourth-order valence-electron chi connectivity index (χ4n) is 2.44. The van der Waals surface area contributed by atoms with E-state index in [0.717, 1.165) is 36.3 Å². The number of piperidine rings is 1. The smallest absolute Gasteiger partial charge is 0.410 e. The third kappa shape index (κ3) is 5.25. The molecule has 0 saturated carbocycles. The Morgan fingerprint density at radius 2 is 2.09 bits per heavy atom. The highest BCUT2D eigenvalue weighted by molar-refractivity contribution is 9.11. The van der Waals surface area contributed by atoms with Crippen LogP contribution in [0, 0.1) is 0 Å². The van der Waals surface area contributed by atoms with E-state index in [2.05, 4.69) is 39.6 Å². The van der Waals surface area contributed by atoms with Gasteiger partial charge in [-0.05, 0) is 73.5 Å². The average molecular weight is 389 g/mol. The Morgan fingerprint density at radius 1 is 1.45 bits per heavy atom. The van der Waals surface area contributed by atoms with Gasteiger partial charge < -0.3 is 15.0 Å². The van der Waals surface area contributed by atoms with Gasteiger partial charge in [0.05, 0.1) is 3.79 Å². The fourth-order valence-corrected chi connectivity index (χ4v) is 3.65. The van der Waals surface area contributed by atoms with E-state index in [1.165, 1.54) is 5.56 Å². The number of amides is 1. The van der Waals surface area contributed by atoms with Crippen LogP contribution in [0.2, 0.25) is 0 Å². The number of hydrogen-bond donors (Lipinski definition) is 1. The van der Waals surface area contributed by atoms with Crippen molar-refractivity contribution in [3.8, 4) is 0 Å². The molecule has 1 fully saturated rings. The van der Waals surface area contributed by atoms with Gasteiger partial charge in [-0.15, -0.1) is 11.3 Å². The summed E-state index contributed by atoms with van der Waals surface area (Å²) in [6, 6.07) is 2.15. The van der Waals surface area contributed by atoms with Crippen molar-refractivity contribution in [3.63, 3.8) is 0 Å². The number of ether oxygens (including phenoxy) is 1. The van der Waals surface area contributed by atoms with E-state index in [-0.39, 0.29) is 11.6 Å². The quantitative estimate of drug-likeness (QED) is 0.834. The summed E-state index contributed by atoms with van der Waals surface area (Å²) in [6.45, 7) is 10.3. The normalized spacial score (nSPS) is 18.3. The maximum Gasteiger partial charge on any atom is 0.410 e. The topological polar surface area (TPSA) is 41.6 Å². The fraction of sp³-hybridized carbons (Fsp3) is 0.688. The lowest BCUT2D eigenvalue weighted by Crippen LogP contribution is -2.53. The summed E-state index contributed by atoms with van der Waals surface area (Å²) in [5, 5.41) is 5.81. The standard InChI is InChI=1S/C16H25BrN2O2S/c1-15(2,3)21-14(20)19-7-5-16(4,6-8-19)18-10-12-9-13(17)22-11-12/h9,11,18H,5-8,10H2,1-4H3. The SMILES string of the molecule is CC1(NCc2csc(Br)c2)CCN(C(=O)OC(C)(C)C)CC1. The Balaban J connectivity index is 1.81. The van der Waals surface area contributed by atoms with E-state index in [1.807, 2.05) is 25.7 Å². The Kier molecular flexibility index (Phi) is 5.56. The van der Waals surface area contributed by atoms with Gasteiger partial charge in [0.25, 0.3) is 0 Å². The highest BCUT2D eigenvalue weighted by Gasteiger charge is 2.33. The molecule has 22 heavy (non-hydrogen) atoms. The Morgan fingerprint density at radius 3 is 2.59 bits per heavy atom. The molecule has 1 aliphatic heterocycles. The molecule has 0 bridgehead atoms. The lowest BCUT2D eigenvalue weighted by atomic mass is 9.89. The molecule has 0 aliphatic carbocycles. The van der Waals surface area contributed by atoms with Crippen LogP contribution in [0.1, 0.15) is 46.1 Å². The van der Waals surface area contributed by atoms with Gasteiger partial charge >= 0.3 is 6.09 Å². The maximum absolute atomic E-state index is 12.1. The second-order valence-electron chi connectivity index (χ2n) is 7.14. The molecule has 1 N–H and O–H groups in total. The van der Waals surface area contributed by atoms with Crippen LogP contribution in [-0.2, 0) is 11.3 Å². The lowest BCUT2D eigenvalue weighted by molar-refractivity contribution is 0.0157. The summed E-state index contributed by atoms with van der Waals surface area (Å²) < 4.78 is 6.60. The van der Waals surface area contributed by atoms with Crippen LogP contribution in [0.25, 0.3) is 0 Å². The first-order valence-electron chi connectivity index (χ1n) is 7.63. The average Bonchev–Trinajstić information content (AvgIpc) is 2.81. The molecule has 0 aromatic carbocycles. The molecule has 0 atom stereocenters. The highest BCUT2D eigenvalue weighted by atomic mass is 79.9. The number of rotatable bonds is 3. The van der Waals surface area contributed by atoms with Crippen molar-refractivity contribution in [2.24, 2.45) is 0 Å². The summed E-state index contributed by atoms with van der Waals surface area (Å²) in [5.41, 5.74) is 0.947. The third-order valence-corrected chi connectivity index (χ3v) is 5.41. The molecule has 124 valence electrons. The molecule has 1 saturated heterocycles. The largest absolute Gasteiger partial charge is 0.444 e. The number of carbonyl (C=O) groups excluding carboxylic acids is 1. The molecule has 0 unspecified atom stereocenters. The van der Waals surface area contributed by atoms with Crippen molar-refractivity contribution in [2.45, 2.75) is 58.2 Å².